The molecule has 2 nitrogen and oxygen atoms in total. The quantitative estimate of drug-likeness (QED) is 0.775. The lowest BCUT2D eigenvalue weighted by Gasteiger charge is -2.15. The number of hydrogen-bond acceptors (Lipinski definition) is 2. The molecule has 0 fully saturated rings. The van der Waals surface area contributed by atoms with Gasteiger partial charge in [0, 0.05) is 10.9 Å². The van der Waals surface area contributed by atoms with Gasteiger partial charge in [-0.25, -0.2) is 8.78 Å². The van der Waals surface area contributed by atoms with Crippen molar-refractivity contribution < 1.29 is 13.2 Å². The van der Waals surface area contributed by atoms with Gasteiger partial charge in [-0.05, 0) is 43.8 Å². The molecule has 1 aromatic heterocycles. The highest BCUT2D eigenvalue weighted by atomic mass is 19.1. The van der Waals surface area contributed by atoms with Gasteiger partial charge in [-0.2, -0.15) is 0 Å². The van der Waals surface area contributed by atoms with Crippen molar-refractivity contribution in [3.05, 3.63) is 71.0 Å². The van der Waals surface area contributed by atoms with Crippen molar-refractivity contribution in [2.24, 2.45) is 0 Å². The third kappa shape index (κ3) is 2.43. The number of nitrogens with one attached hydrogen (secondary N) is 1. The number of hydrogen-bond donors (Lipinski definition) is 1. The van der Waals surface area contributed by atoms with Crippen molar-refractivity contribution in [2.45, 2.75) is 13.0 Å². The second kappa shape index (κ2) is 5.30. The molecule has 108 valence electrons. The van der Waals surface area contributed by atoms with E-state index in [9.17, 15) is 8.78 Å². The summed E-state index contributed by atoms with van der Waals surface area (Å²) in [6.45, 7) is 1.72. The third-order valence-corrected chi connectivity index (χ3v) is 3.60. The van der Waals surface area contributed by atoms with Gasteiger partial charge in [0.2, 0.25) is 0 Å². The minimum atomic E-state index is -0.416. The van der Waals surface area contributed by atoms with Crippen LogP contribution in [-0.2, 0) is 0 Å². The van der Waals surface area contributed by atoms with Crippen LogP contribution in [0.2, 0.25) is 0 Å². The standard InChI is InChI=1S/C17H15F2NO/c1-10-4-3-5-13(16(10)19)17(20-2)15-9-11-8-12(18)6-7-14(11)21-15/h3-9,17,20H,1-2H3. The topological polar surface area (TPSA) is 25.2 Å². The van der Waals surface area contributed by atoms with Gasteiger partial charge in [0.1, 0.15) is 23.0 Å². The molecule has 1 heterocycles. The molecular weight excluding hydrogens is 272 g/mol. The molecule has 0 aliphatic carbocycles. The molecule has 2 aromatic carbocycles. The van der Waals surface area contributed by atoms with E-state index >= 15 is 0 Å². The van der Waals surface area contributed by atoms with Gasteiger partial charge >= 0.3 is 0 Å². The molecule has 0 saturated carbocycles. The minimum absolute atomic E-state index is 0.261. The van der Waals surface area contributed by atoms with Crippen LogP contribution in [0.3, 0.4) is 0 Å². The lowest BCUT2D eigenvalue weighted by molar-refractivity contribution is 0.475. The molecule has 4 heteroatoms. The molecule has 0 spiro atoms. The van der Waals surface area contributed by atoms with Crippen LogP contribution in [0.25, 0.3) is 11.0 Å². The summed E-state index contributed by atoms with van der Waals surface area (Å²) in [5.74, 6) is -0.0244. The summed E-state index contributed by atoms with van der Waals surface area (Å²) in [5.41, 5.74) is 1.67. The molecule has 21 heavy (non-hydrogen) atoms. The first-order valence-corrected chi connectivity index (χ1v) is 6.71. The van der Waals surface area contributed by atoms with E-state index in [1.165, 1.54) is 12.1 Å². The maximum atomic E-state index is 14.3. The van der Waals surface area contributed by atoms with E-state index in [-0.39, 0.29) is 11.6 Å². The highest BCUT2D eigenvalue weighted by Gasteiger charge is 2.21. The van der Waals surface area contributed by atoms with Crippen LogP contribution in [-0.4, -0.2) is 7.05 Å². The van der Waals surface area contributed by atoms with Gasteiger partial charge in [-0.3, -0.25) is 0 Å². The van der Waals surface area contributed by atoms with Crippen molar-refractivity contribution in [1.82, 2.24) is 5.32 Å². The van der Waals surface area contributed by atoms with Crippen molar-refractivity contribution >= 4 is 11.0 Å². The Hall–Kier alpha value is -2.20. The molecule has 1 unspecified atom stereocenters. The predicted molar refractivity (Wildman–Crippen MR) is 78.2 cm³/mol. The van der Waals surface area contributed by atoms with Crippen LogP contribution >= 0.6 is 0 Å². The third-order valence-electron chi connectivity index (χ3n) is 3.60. The maximum Gasteiger partial charge on any atom is 0.134 e. The summed E-state index contributed by atoms with van der Waals surface area (Å²) in [4.78, 5) is 0. The Kier molecular flexibility index (Phi) is 3.47. The molecule has 0 radical (unpaired) electrons. The first kappa shape index (κ1) is 13.8. The summed E-state index contributed by atoms with van der Waals surface area (Å²) in [6, 6.07) is 10.9. The zero-order valence-corrected chi connectivity index (χ0v) is 11.8. The van der Waals surface area contributed by atoms with Crippen LogP contribution in [0, 0.1) is 18.6 Å². The molecular formula is C17H15F2NO. The Bertz CT molecular complexity index is 795. The van der Waals surface area contributed by atoms with Crippen molar-refractivity contribution in [3.8, 4) is 0 Å². The van der Waals surface area contributed by atoms with E-state index in [0.29, 0.717) is 27.9 Å². The van der Waals surface area contributed by atoms with Gasteiger partial charge in [0.15, 0.2) is 0 Å². The number of halogens is 2. The fraction of sp³-hybridized carbons (Fsp3) is 0.176. The van der Waals surface area contributed by atoms with Crippen molar-refractivity contribution in [2.75, 3.05) is 7.05 Å². The smallest absolute Gasteiger partial charge is 0.134 e. The number of rotatable bonds is 3. The highest BCUT2D eigenvalue weighted by molar-refractivity contribution is 5.78. The van der Waals surface area contributed by atoms with E-state index in [1.54, 1.807) is 44.3 Å². The molecule has 3 aromatic rings. The van der Waals surface area contributed by atoms with Gasteiger partial charge < -0.3 is 9.73 Å². The normalized spacial score (nSPS) is 12.8. The lowest BCUT2D eigenvalue weighted by atomic mass is 10.0. The minimum Gasteiger partial charge on any atom is -0.459 e. The molecule has 0 amide bonds. The van der Waals surface area contributed by atoms with Crippen LogP contribution in [0.15, 0.2) is 46.9 Å². The van der Waals surface area contributed by atoms with Crippen molar-refractivity contribution in [1.29, 1.82) is 0 Å². The Balaban J connectivity index is 2.11. The van der Waals surface area contributed by atoms with Crippen molar-refractivity contribution in [3.63, 3.8) is 0 Å². The number of furan rings is 1. The highest BCUT2D eigenvalue weighted by Crippen LogP contribution is 2.30. The first-order chi connectivity index (χ1) is 10.1. The maximum absolute atomic E-state index is 14.3. The SMILES string of the molecule is CNC(c1cc2cc(F)ccc2o1)c1cccc(C)c1F. The average molecular weight is 287 g/mol. The van der Waals surface area contributed by atoms with Crippen LogP contribution in [0.4, 0.5) is 8.78 Å². The molecule has 0 aliphatic heterocycles. The molecule has 1 atom stereocenters. The lowest BCUT2D eigenvalue weighted by Crippen LogP contribution is -2.18. The summed E-state index contributed by atoms with van der Waals surface area (Å²) >= 11 is 0. The molecule has 0 aliphatic rings. The van der Waals surface area contributed by atoms with Gasteiger partial charge in [-0.15, -0.1) is 0 Å². The fourth-order valence-corrected chi connectivity index (χ4v) is 2.52. The Morgan fingerprint density at radius 3 is 2.67 bits per heavy atom. The van der Waals surface area contributed by atoms with Crippen LogP contribution in [0.1, 0.15) is 22.9 Å². The van der Waals surface area contributed by atoms with E-state index in [4.69, 9.17) is 4.42 Å². The van der Waals surface area contributed by atoms with E-state index in [0.717, 1.165) is 0 Å². The Morgan fingerprint density at radius 2 is 1.90 bits per heavy atom. The summed E-state index contributed by atoms with van der Waals surface area (Å²) < 4.78 is 33.3. The number of fused-ring (bicyclic) bond motifs is 1. The summed E-state index contributed by atoms with van der Waals surface area (Å²) in [5, 5.41) is 3.72. The first-order valence-electron chi connectivity index (χ1n) is 6.71. The summed E-state index contributed by atoms with van der Waals surface area (Å²) in [6.07, 6.45) is 0. The second-order valence-corrected chi connectivity index (χ2v) is 5.03. The van der Waals surface area contributed by atoms with Crippen LogP contribution in [0.5, 0.6) is 0 Å². The zero-order valence-electron chi connectivity index (χ0n) is 11.8. The molecule has 3 rings (SSSR count). The van der Waals surface area contributed by atoms with E-state index in [1.807, 2.05) is 0 Å². The molecule has 1 N–H and O–H groups in total. The summed E-state index contributed by atoms with van der Waals surface area (Å²) in [7, 11) is 1.74. The second-order valence-electron chi connectivity index (χ2n) is 5.03. The fourth-order valence-electron chi connectivity index (χ4n) is 2.52. The average Bonchev–Trinajstić information content (AvgIpc) is 2.87. The number of benzene rings is 2. The van der Waals surface area contributed by atoms with Crippen LogP contribution < -0.4 is 5.32 Å². The largest absolute Gasteiger partial charge is 0.459 e. The predicted octanol–water partition coefficient (Wildman–Crippen LogP) is 4.33. The van der Waals surface area contributed by atoms with Gasteiger partial charge in [-0.1, -0.05) is 18.2 Å². The Labute approximate surface area is 121 Å². The monoisotopic (exact) mass is 287 g/mol. The van der Waals surface area contributed by atoms with E-state index < -0.39 is 6.04 Å². The zero-order chi connectivity index (χ0) is 15.0. The van der Waals surface area contributed by atoms with Gasteiger partial charge in [0.05, 0.1) is 6.04 Å². The number of aryl methyl sites for hydroxylation is 1. The molecule has 0 saturated heterocycles. The Morgan fingerprint density at radius 1 is 1.10 bits per heavy atom. The van der Waals surface area contributed by atoms with Gasteiger partial charge in [0.25, 0.3) is 0 Å². The van der Waals surface area contributed by atoms with E-state index in [2.05, 4.69) is 5.32 Å². The molecule has 0 bridgehead atoms.